The number of nitrogens with zero attached hydrogens (tertiary/aromatic N) is 2. The van der Waals surface area contributed by atoms with Crippen molar-refractivity contribution < 1.29 is 5.11 Å². The Bertz CT molecular complexity index is 485. The van der Waals surface area contributed by atoms with Crippen molar-refractivity contribution in [2.45, 2.75) is 51.7 Å². The molecule has 0 spiro atoms. The molecule has 0 radical (unpaired) electrons. The van der Waals surface area contributed by atoms with Gasteiger partial charge in [-0.1, -0.05) is 38.1 Å². The second-order valence-electron chi connectivity index (χ2n) is 7.80. The van der Waals surface area contributed by atoms with E-state index in [-0.39, 0.29) is 6.10 Å². The maximum absolute atomic E-state index is 10.6. The van der Waals surface area contributed by atoms with Crippen LogP contribution in [0.2, 0.25) is 0 Å². The van der Waals surface area contributed by atoms with Crippen molar-refractivity contribution in [1.29, 1.82) is 0 Å². The number of aliphatic hydroxyl groups is 1. The van der Waals surface area contributed by atoms with Crippen LogP contribution in [0.15, 0.2) is 24.3 Å². The summed E-state index contributed by atoms with van der Waals surface area (Å²) >= 11 is 0. The molecule has 2 fully saturated rings. The lowest BCUT2D eigenvalue weighted by atomic mass is 10.00. The van der Waals surface area contributed by atoms with Crippen molar-refractivity contribution in [2.24, 2.45) is 5.92 Å². The van der Waals surface area contributed by atoms with Gasteiger partial charge in [-0.15, -0.1) is 0 Å². The Labute approximate surface area is 141 Å². The molecule has 0 amide bonds. The van der Waals surface area contributed by atoms with Crippen LogP contribution in [0.5, 0.6) is 0 Å². The lowest BCUT2D eigenvalue weighted by molar-refractivity contribution is 0.108. The number of benzene rings is 1. The van der Waals surface area contributed by atoms with Crippen LogP contribution >= 0.6 is 0 Å². The third kappa shape index (κ3) is 4.56. The molecule has 2 aliphatic rings. The largest absolute Gasteiger partial charge is 0.387 e. The van der Waals surface area contributed by atoms with E-state index in [0.717, 1.165) is 37.7 Å². The summed E-state index contributed by atoms with van der Waals surface area (Å²) in [6.07, 6.45) is 4.65. The van der Waals surface area contributed by atoms with E-state index in [1.54, 1.807) is 0 Å². The average molecular weight is 316 g/mol. The van der Waals surface area contributed by atoms with Crippen molar-refractivity contribution in [3.8, 4) is 0 Å². The van der Waals surface area contributed by atoms with Crippen LogP contribution in [0.25, 0.3) is 0 Å². The minimum Gasteiger partial charge on any atom is -0.387 e. The third-order valence-electron chi connectivity index (χ3n) is 5.33. The Morgan fingerprint density at radius 1 is 1.09 bits per heavy atom. The van der Waals surface area contributed by atoms with Gasteiger partial charge in [0.25, 0.3) is 0 Å². The molecule has 1 aromatic rings. The predicted molar refractivity (Wildman–Crippen MR) is 95.6 cm³/mol. The van der Waals surface area contributed by atoms with Crippen LogP contribution in [0.4, 0.5) is 0 Å². The van der Waals surface area contributed by atoms with E-state index in [0.29, 0.717) is 5.92 Å². The van der Waals surface area contributed by atoms with Crippen LogP contribution < -0.4 is 0 Å². The molecule has 2 heterocycles. The molecule has 0 aliphatic carbocycles. The summed E-state index contributed by atoms with van der Waals surface area (Å²) < 4.78 is 0. The summed E-state index contributed by atoms with van der Waals surface area (Å²) in [4.78, 5) is 5.12. The van der Waals surface area contributed by atoms with Gasteiger partial charge >= 0.3 is 0 Å². The zero-order valence-electron chi connectivity index (χ0n) is 14.7. The molecular formula is C20H32N2O. The first-order valence-electron chi connectivity index (χ1n) is 9.35. The van der Waals surface area contributed by atoms with E-state index in [1.807, 2.05) is 0 Å². The maximum atomic E-state index is 10.6. The van der Waals surface area contributed by atoms with Crippen molar-refractivity contribution in [3.05, 3.63) is 35.4 Å². The zero-order valence-corrected chi connectivity index (χ0v) is 14.7. The SMILES string of the molecule is CC(C)Cc1ccc([C@H](O)CN2CCCN3CCC[C@@H]3C2)cc1. The second kappa shape index (κ2) is 7.78. The van der Waals surface area contributed by atoms with Crippen LogP contribution in [0, 0.1) is 5.92 Å². The van der Waals surface area contributed by atoms with Gasteiger partial charge in [-0.2, -0.15) is 0 Å². The van der Waals surface area contributed by atoms with Crippen molar-refractivity contribution in [3.63, 3.8) is 0 Å². The number of β-amino-alcohol motifs (C(OH)–C–C–N with tert-alkyl or cyclic N) is 1. The molecule has 0 aromatic heterocycles. The summed E-state index contributed by atoms with van der Waals surface area (Å²) in [7, 11) is 0. The van der Waals surface area contributed by atoms with Crippen LogP contribution in [0.1, 0.15) is 50.3 Å². The Hall–Kier alpha value is -0.900. The fraction of sp³-hybridized carbons (Fsp3) is 0.700. The number of fused-ring (bicyclic) bond motifs is 1. The van der Waals surface area contributed by atoms with Gasteiger partial charge in [-0.05, 0) is 62.4 Å². The summed E-state index contributed by atoms with van der Waals surface area (Å²) in [5, 5.41) is 10.6. The number of aliphatic hydroxyl groups excluding tert-OH is 1. The molecule has 3 nitrogen and oxygen atoms in total. The van der Waals surface area contributed by atoms with Gasteiger partial charge in [0.15, 0.2) is 0 Å². The Balaban J connectivity index is 1.56. The molecule has 0 unspecified atom stereocenters. The minimum atomic E-state index is -0.365. The molecule has 128 valence electrons. The summed E-state index contributed by atoms with van der Waals surface area (Å²) in [6, 6.07) is 9.31. The molecule has 2 saturated heterocycles. The number of hydrogen-bond donors (Lipinski definition) is 1. The molecule has 3 rings (SSSR count). The highest BCUT2D eigenvalue weighted by atomic mass is 16.3. The highest BCUT2D eigenvalue weighted by molar-refractivity contribution is 5.24. The normalized spacial score (nSPS) is 24.6. The van der Waals surface area contributed by atoms with E-state index in [9.17, 15) is 5.11 Å². The molecule has 0 saturated carbocycles. The van der Waals surface area contributed by atoms with E-state index in [1.165, 1.54) is 37.9 Å². The first-order valence-corrected chi connectivity index (χ1v) is 9.35. The van der Waals surface area contributed by atoms with Crippen molar-refractivity contribution in [2.75, 3.05) is 32.7 Å². The molecule has 2 atom stereocenters. The Kier molecular flexibility index (Phi) is 5.73. The van der Waals surface area contributed by atoms with Gasteiger partial charge in [0, 0.05) is 19.1 Å². The van der Waals surface area contributed by atoms with Gasteiger partial charge < -0.3 is 5.11 Å². The van der Waals surface area contributed by atoms with Gasteiger partial charge in [0.05, 0.1) is 6.10 Å². The van der Waals surface area contributed by atoms with E-state index in [4.69, 9.17) is 0 Å². The topological polar surface area (TPSA) is 26.7 Å². The zero-order chi connectivity index (χ0) is 16.2. The van der Waals surface area contributed by atoms with Crippen molar-refractivity contribution in [1.82, 2.24) is 9.80 Å². The highest BCUT2D eigenvalue weighted by Crippen LogP contribution is 2.23. The Morgan fingerprint density at radius 2 is 1.83 bits per heavy atom. The lowest BCUT2D eigenvalue weighted by Gasteiger charge is -2.27. The highest BCUT2D eigenvalue weighted by Gasteiger charge is 2.29. The van der Waals surface area contributed by atoms with Crippen LogP contribution in [-0.2, 0) is 6.42 Å². The lowest BCUT2D eigenvalue weighted by Crippen LogP contribution is -2.38. The maximum Gasteiger partial charge on any atom is 0.0916 e. The monoisotopic (exact) mass is 316 g/mol. The van der Waals surface area contributed by atoms with Gasteiger partial charge in [-0.3, -0.25) is 9.80 Å². The molecular weight excluding hydrogens is 284 g/mol. The van der Waals surface area contributed by atoms with Crippen LogP contribution in [0.3, 0.4) is 0 Å². The fourth-order valence-corrected chi connectivity index (χ4v) is 4.15. The molecule has 23 heavy (non-hydrogen) atoms. The predicted octanol–water partition coefficient (Wildman–Crippen LogP) is 3.09. The molecule has 1 N–H and O–H groups in total. The second-order valence-corrected chi connectivity index (χ2v) is 7.80. The number of rotatable bonds is 5. The Morgan fingerprint density at radius 3 is 2.57 bits per heavy atom. The fourth-order valence-electron chi connectivity index (χ4n) is 4.15. The molecule has 0 bridgehead atoms. The standard InChI is InChI=1S/C20H32N2O/c1-16(2)13-17-6-8-18(9-7-17)20(23)15-21-10-4-12-22-11-3-5-19(22)14-21/h6-9,16,19-20,23H,3-5,10-15H2,1-2H3/t19-,20-/m1/s1. The van der Waals surface area contributed by atoms with Gasteiger partial charge in [0.1, 0.15) is 0 Å². The first kappa shape index (κ1) is 16.9. The van der Waals surface area contributed by atoms with Gasteiger partial charge in [0.2, 0.25) is 0 Å². The quantitative estimate of drug-likeness (QED) is 0.904. The number of hydrogen-bond acceptors (Lipinski definition) is 3. The van der Waals surface area contributed by atoms with Crippen LogP contribution in [-0.4, -0.2) is 53.7 Å². The van der Waals surface area contributed by atoms with E-state index < -0.39 is 0 Å². The smallest absolute Gasteiger partial charge is 0.0916 e. The minimum absolute atomic E-state index is 0.365. The van der Waals surface area contributed by atoms with E-state index in [2.05, 4.69) is 47.9 Å². The van der Waals surface area contributed by atoms with Crippen molar-refractivity contribution >= 4 is 0 Å². The average Bonchev–Trinajstić information content (AvgIpc) is 2.86. The van der Waals surface area contributed by atoms with Gasteiger partial charge in [-0.25, -0.2) is 0 Å². The first-order chi connectivity index (χ1) is 11.1. The summed E-state index contributed by atoms with van der Waals surface area (Å²) in [5.74, 6) is 0.678. The van der Waals surface area contributed by atoms with E-state index >= 15 is 0 Å². The summed E-state index contributed by atoms with van der Waals surface area (Å²) in [5.41, 5.74) is 2.43. The molecule has 2 aliphatic heterocycles. The third-order valence-corrected chi connectivity index (χ3v) is 5.33. The molecule has 1 aromatic carbocycles. The molecule has 3 heteroatoms. The summed E-state index contributed by atoms with van der Waals surface area (Å²) in [6.45, 7) is 10.0.